The van der Waals surface area contributed by atoms with Crippen LogP contribution in [0.15, 0.2) is 36.5 Å². The number of hydrogen-bond acceptors (Lipinski definition) is 3. The van der Waals surface area contributed by atoms with Crippen molar-refractivity contribution < 1.29 is 4.74 Å². The maximum Gasteiger partial charge on any atom is 0.0750 e. The molecular formula is C15H20N2O. The molecule has 0 aliphatic heterocycles. The molecule has 0 fully saturated rings. The summed E-state index contributed by atoms with van der Waals surface area (Å²) in [5.74, 6) is 0. The van der Waals surface area contributed by atoms with Crippen molar-refractivity contribution in [3.05, 3.63) is 42.1 Å². The number of aromatic nitrogens is 1. The highest BCUT2D eigenvalue weighted by Gasteiger charge is 2.20. The van der Waals surface area contributed by atoms with Crippen LogP contribution in [0.1, 0.15) is 25.5 Å². The van der Waals surface area contributed by atoms with Crippen molar-refractivity contribution in [2.45, 2.75) is 26.0 Å². The van der Waals surface area contributed by atoms with Gasteiger partial charge >= 0.3 is 0 Å². The number of nitrogens with one attached hydrogen (secondary N) is 1. The Kier molecular flexibility index (Phi) is 4.28. The number of hydrogen-bond donors (Lipinski definition) is 1. The van der Waals surface area contributed by atoms with Crippen LogP contribution in [0.5, 0.6) is 0 Å². The average Bonchev–Trinajstić information content (AvgIpc) is 2.43. The summed E-state index contributed by atoms with van der Waals surface area (Å²) in [5.41, 5.74) is 2.25. The lowest BCUT2D eigenvalue weighted by Crippen LogP contribution is -2.31. The van der Waals surface area contributed by atoms with Gasteiger partial charge in [-0.15, -0.1) is 0 Å². The first kappa shape index (κ1) is 13.0. The summed E-state index contributed by atoms with van der Waals surface area (Å²) in [6.07, 6.45) is 1.95. The van der Waals surface area contributed by atoms with E-state index in [0.717, 1.165) is 12.1 Å². The van der Waals surface area contributed by atoms with Crippen LogP contribution < -0.4 is 5.32 Å². The zero-order valence-corrected chi connectivity index (χ0v) is 11.2. The van der Waals surface area contributed by atoms with Crippen molar-refractivity contribution >= 4 is 10.9 Å². The van der Waals surface area contributed by atoms with Crippen molar-refractivity contribution in [3.8, 4) is 0 Å². The number of ether oxygens (including phenoxy) is 1. The van der Waals surface area contributed by atoms with Crippen molar-refractivity contribution in [3.63, 3.8) is 0 Å². The lowest BCUT2D eigenvalue weighted by Gasteiger charge is -2.24. The van der Waals surface area contributed by atoms with Crippen LogP contribution in [-0.2, 0) is 4.74 Å². The first-order valence-corrected chi connectivity index (χ1v) is 6.37. The molecule has 96 valence electrons. The van der Waals surface area contributed by atoms with Gasteiger partial charge in [0.25, 0.3) is 0 Å². The third kappa shape index (κ3) is 2.52. The summed E-state index contributed by atoms with van der Waals surface area (Å²) in [4.78, 5) is 4.51. The minimum Gasteiger partial charge on any atom is -0.380 e. The molecule has 2 atom stereocenters. The second kappa shape index (κ2) is 5.94. The van der Waals surface area contributed by atoms with Gasteiger partial charge in [0, 0.05) is 18.7 Å². The van der Waals surface area contributed by atoms with Crippen LogP contribution in [0.25, 0.3) is 10.9 Å². The summed E-state index contributed by atoms with van der Waals surface area (Å²) >= 11 is 0. The number of para-hydroxylation sites is 1. The van der Waals surface area contributed by atoms with E-state index in [1.165, 1.54) is 10.9 Å². The van der Waals surface area contributed by atoms with Crippen LogP contribution >= 0.6 is 0 Å². The number of benzene rings is 1. The first-order chi connectivity index (χ1) is 8.77. The number of likely N-dealkylation sites (N-methyl/N-ethyl adjacent to an activating group) is 1. The molecule has 1 N–H and O–H groups in total. The standard InChI is InChI=1S/C15H20N2O/c1-4-16-14(11(2)18-3)13-9-5-7-12-8-6-10-17-15(12)13/h5-11,14,16H,4H2,1-3H3. The summed E-state index contributed by atoms with van der Waals surface area (Å²) in [6, 6.07) is 10.5. The quantitative estimate of drug-likeness (QED) is 0.878. The molecule has 0 amide bonds. The van der Waals surface area contributed by atoms with Crippen molar-refractivity contribution in [1.29, 1.82) is 0 Å². The van der Waals surface area contributed by atoms with E-state index in [2.05, 4.69) is 48.4 Å². The molecule has 0 saturated heterocycles. The average molecular weight is 244 g/mol. The molecule has 0 saturated carbocycles. The number of nitrogens with zero attached hydrogens (tertiary/aromatic N) is 1. The predicted octanol–water partition coefficient (Wildman–Crippen LogP) is 2.92. The molecule has 3 heteroatoms. The molecule has 0 spiro atoms. The topological polar surface area (TPSA) is 34.2 Å². The molecule has 3 nitrogen and oxygen atoms in total. The molecule has 1 heterocycles. The SMILES string of the molecule is CCNC(c1cccc2cccnc12)C(C)OC. The Labute approximate surface area is 108 Å². The summed E-state index contributed by atoms with van der Waals surface area (Å²) < 4.78 is 5.48. The summed E-state index contributed by atoms with van der Waals surface area (Å²) in [5, 5.41) is 4.64. The molecule has 1 aromatic heterocycles. The Morgan fingerprint density at radius 3 is 2.78 bits per heavy atom. The molecule has 1 aromatic carbocycles. The Hall–Kier alpha value is -1.45. The van der Waals surface area contributed by atoms with E-state index < -0.39 is 0 Å². The second-order valence-corrected chi connectivity index (χ2v) is 4.40. The van der Waals surface area contributed by atoms with Gasteiger partial charge in [-0.25, -0.2) is 0 Å². The van der Waals surface area contributed by atoms with Crippen LogP contribution in [-0.4, -0.2) is 24.7 Å². The number of methoxy groups -OCH3 is 1. The van der Waals surface area contributed by atoms with Crippen LogP contribution in [0, 0.1) is 0 Å². The van der Waals surface area contributed by atoms with Gasteiger partial charge in [-0.05, 0) is 25.1 Å². The summed E-state index contributed by atoms with van der Waals surface area (Å²) in [7, 11) is 1.74. The molecule has 2 unspecified atom stereocenters. The Morgan fingerprint density at radius 1 is 1.28 bits per heavy atom. The monoisotopic (exact) mass is 244 g/mol. The highest BCUT2D eigenvalue weighted by molar-refractivity contribution is 5.82. The van der Waals surface area contributed by atoms with Gasteiger partial charge in [-0.3, -0.25) is 4.98 Å². The number of fused-ring (bicyclic) bond motifs is 1. The molecule has 0 aliphatic rings. The molecule has 0 aliphatic carbocycles. The lowest BCUT2D eigenvalue weighted by atomic mass is 9.99. The third-order valence-electron chi connectivity index (χ3n) is 3.26. The van der Waals surface area contributed by atoms with Gasteiger partial charge in [0.15, 0.2) is 0 Å². The highest BCUT2D eigenvalue weighted by atomic mass is 16.5. The minimum atomic E-state index is 0.109. The maximum absolute atomic E-state index is 5.48. The Morgan fingerprint density at radius 2 is 2.06 bits per heavy atom. The Bertz CT molecular complexity index is 507. The van der Waals surface area contributed by atoms with E-state index in [1.54, 1.807) is 7.11 Å². The largest absolute Gasteiger partial charge is 0.380 e. The van der Waals surface area contributed by atoms with Gasteiger partial charge < -0.3 is 10.1 Å². The number of pyridine rings is 1. The lowest BCUT2D eigenvalue weighted by molar-refractivity contribution is 0.0840. The minimum absolute atomic E-state index is 0.109. The van der Waals surface area contributed by atoms with Crippen molar-refractivity contribution in [2.75, 3.05) is 13.7 Å². The molecule has 0 bridgehead atoms. The van der Waals surface area contributed by atoms with Gasteiger partial charge in [-0.2, -0.15) is 0 Å². The fourth-order valence-electron chi connectivity index (χ4n) is 2.26. The van der Waals surface area contributed by atoms with Gasteiger partial charge in [0.1, 0.15) is 0 Å². The van der Waals surface area contributed by atoms with E-state index >= 15 is 0 Å². The maximum atomic E-state index is 5.48. The number of rotatable bonds is 5. The van der Waals surface area contributed by atoms with E-state index in [9.17, 15) is 0 Å². The van der Waals surface area contributed by atoms with Crippen LogP contribution in [0.4, 0.5) is 0 Å². The molecular weight excluding hydrogens is 224 g/mol. The zero-order valence-electron chi connectivity index (χ0n) is 11.2. The highest BCUT2D eigenvalue weighted by Crippen LogP contribution is 2.25. The fraction of sp³-hybridized carbons (Fsp3) is 0.400. The van der Waals surface area contributed by atoms with Crippen molar-refractivity contribution in [2.24, 2.45) is 0 Å². The zero-order chi connectivity index (χ0) is 13.0. The van der Waals surface area contributed by atoms with E-state index in [-0.39, 0.29) is 12.1 Å². The van der Waals surface area contributed by atoms with E-state index in [1.807, 2.05) is 12.3 Å². The van der Waals surface area contributed by atoms with E-state index in [0.29, 0.717) is 0 Å². The smallest absolute Gasteiger partial charge is 0.0750 e. The summed E-state index contributed by atoms with van der Waals surface area (Å²) in [6.45, 7) is 5.09. The van der Waals surface area contributed by atoms with E-state index in [4.69, 9.17) is 4.74 Å². The van der Waals surface area contributed by atoms with Crippen LogP contribution in [0.3, 0.4) is 0 Å². The van der Waals surface area contributed by atoms with Gasteiger partial charge in [0.2, 0.25) is 0 Å². The molecule has 0 radical (unpaired) electrons. The first-order valence-electron chi connectivity index (χ1n) is 6.37. The predicted molar refractivity (Wildman–Crippen MR) is 74.6 cm³/mol. The van der Waals surface area contributed by atoms with Crippen molar-refractivity contribution in [1.82, 2.24) is 10.3 Å². The molecule has 18 heavy (non-hydrogen) atoms. The second-order valence-electron chi connectivity index (χ2n) is 4.40. The fourth-order valence-corrected chi connectivity index (χ4v) is 2.26. The molecule has 2 aromatic rings. The van der Waals surface area contributed by atoms with Gasteiger partial charge in [0.05, 0.1) is 17.7 Å². The third-order valence-corrected chi connectivity index (χ3v) is 3.26. The normalized spacial score (nSPS) is 14.6. The molecule has 2 rings (SSSR count). The Balaban J connectivity index is 2.49. The van der Waals surface area contributed by atoms with Crippen LogP contribution in [0.2, 0.25) is 0 Å². The van der Waals surface area contributed by atoms with Gasteiger partial charge in [-0.1, -0.05) is 31.2 Å².